The Morgan fingerprint density at radius 3 is 2.52 bits per heavy atom. The van der Waals surface area contributed by atoms with Crippen LogP contribution >= 0.6 is 24.0 Å². The van der Waals surface area contributed by atoms with Gasteiger partial charge in [-0.05, 0) is 44.5 Å². The van der Waals surface area contributed by atoms with Crippen molar-refractivity contribution in [1.29, 1.82) is 0 Å². The lowest BCUT2D eigenvalue weighted by Crippen LogP contribution is -2.51. The summed E-state index contributed by atoms with van der Waals surface area (Å²) in [4.78, 5) is -0.347. The average Bonchev–Trinajstić information content (AvgIpc) is 2.40. The molecule has 2 rings (SSSR count). The molecule has 23 heavy (non-hydrogen) atoms. The quantitative estimate of drug-likeness (QED) is 0.830. The number of halogens is 5. The van der Waals surface area contributed by atoms with Crippen LogP contribution in [0.15, 0.2) is 23.1 Å². The molecule has 0 amide bonds. The Bertz CT molecular complexity index is 653. The van der Waals surface area contributed by atoms with E-state index < -0.39 is 26.8 Å². The van der Waals surface area contributed by atoms with Crippen molar-refractivity contribution in [2.24, 2.45) is 0 Å². The van der Waals surface area contributed by atoms with Gasteiger partial charge in [0.1, 0.15) is 4.90 Å². The third-order valence-electron chi connectivity index (χ3n) is 3.62. The molecule has 2 atom stereocenters. The van der Waals surface area contributed by atoms with Crippen LogP contribution < -0.4 is 10.0 Å². The van der Waals surface area contributed by atoms with Crippen molar-refractivity contribution in [3.63, 3.8) is 0 Å². The second kappa shape index (κ2) is 7.57. The summed E-state index contributed by atoms with van der Waals surface area (Å²) < 4.78 is 64.9. The van der Waals surface area contributed by atoms with Gasteiger partial charge in [-0.1, -0.05) is 11.6 Å². The van der Waals surface area contributed by atoms with Gasteiger partial charge in [-0.2, -0.15) is 13.2 Å². The van der Waals surface area contributed by atoms with Crippen molar-refractivity contribution in [2.45, 2.75) is 42.9 Å². The standard InChI is InChI=1S/C13H16ClF3N2O2S.ClH/c1-8-11(3-2-6-18-8)19-22(20,21)12-5-4-9(7-10(12)14)13(15,16)17;/h4-5,7-8,11,18-19H,2-3,6H2,1H3;1H. The van der Waals surface area contributed by atoms with E-state index in [-0.39, 0.29) is 29.4 Å². The molecule has 10 heteroatoms. The molecule has 2 unspecified atom stereocenters. The molecule has 0 aromatic heterocycles. The van der Waals surface area contributed by atoms with Crippen LogP contribution in [-0.4, -0.2) is 27.0 Å². The maximum absolute atomic E-state index is 12.6. The zero-order valence-corrected chi connectivity index (χ0v) is 14.5. The molecule has 4 nitrogen and oxygen atoms in total. The maximum Gasteiger partial charge on any atom is 0.416 e. The number of piperidine rings is 1. The highest BCUT2D eigenvalue weighted by Gasteiger charge is 2.33. The van der Waals surface area contributed by atoms with Crippen LogP contribution in [0.5, 0.6) is 0 Å². The van der Waals surface area contributed by atoms with Gasteiger partial charge in [-0.3, -0.25) is 0 Å². The number of hydrogen-bond acceptors (Lipinski definition) is 3. The molecule has 132 valence electrons. The molecule has 0 radical (unpaired) electrons. The Hall–Kier alpha value is -0.540. The van der Waals surface area contributed by atoms with Crippen LogP contribution in [0.25, 0.3) is 0 Å². The maximum atomic E-state index is 12.6. The largest absolute Gasteiger partial charge is 0.416 e. The molecular formula is C13H17Cl2F3N2O2S. The van der Waals surface area contributed by atoms with Gasteiger partial charge in [-0.25, -0.2) is 13.1 Å². The summed E-state index contributed by atoms with van der Waals surface area (Å²) in [6, 6.07) is 1.84. The van der Waals surface area contributed by atoms with Crippen LogP contribution in [-0.2, 0) is 16.2 Å². The summed E-state index contributed by atoms with van der Waals surface area (Å²) in [5.74, 6) is 0. The van der Waals surface area contributed by atoms with Crippen molar-refractivity contribution in [3.05, 3.63) is 28.8 Å². The minimum Gasteiger partial charge on any atom is -0.313 e. The number of hydrogen-bond donors (Lipinski definition) is 2. The molecule has 0 spiro atoms. The first kappa shape index (κ1) is 20.5. The van der Waals surface area contributed by atoms with Crippen molar-refractivity contribution < 1.29 is 21.6 Å². The molecule has 0 aliphatic carbocycles. The Kier molecular flexibility index (Phi) is 6.74. The van der Waals surface area contributed by atoms with Crippen LogP contribution in [0.1, 0.15) is 25.3 Å². The van der Waals surface area contributed by atoms with E-state index in [0.29, 0.717) is 18.6 Å². The number of alkyl halides is 3. The fraction of sp³-hybridized carbons (Fsp3) is 0.538. The second-order valence-corrected chi connectivity index (χ2v) is 7.35. The second-order valence-electron chi connectivity index (χ2n) is 5.26. The first-order chi connectivity index (χ1) is 10.1. The van der Waals surface area contributed by atoms with E-state index in [1.54, 1.807) is 0 Å². The Labute approximate surface area is 144 Å². The van der Waals surface area contributed by atoms with E-state index in [1.807, 2.05) is 6.92 Å². The van der Waals surface area contributed by atoms with Gasteiger partial charge in [0, 0.05) is 12.1 Å². The molecule has 1 aromatic rings. The molecule has 1 aliphatic heterocycles. The highest BCUT2D eigenvalue weighted by atomic mass is 35.5. The van der Waals surface area contributed by atoms with E-state index >= 15 is 0 Å². The van der Waals surface area contributed by atoms with Crippen molar-refractivity contribution in [1.82, 2.24) is 10.0 Å². The first-order valence-electron chi connectivity index (χ1n) is 6.74. The molecule has 1 heterocycles. The normalized spacial score (nSPS) is 22.5. The van der Waals surface area contributed by atoms with Crippen LogP contribution in [0.3, 0.4) is 0 Å². The van der Waals surface area contributed by atoms with Gasteiger partial charge in [0.25, 0.3) is 0 Å². The molecule has 0 bridgehead atoms. The fourth-order valence-electron chi connectivity index (χ4n) is 2.36. The zero-order chi connectivity index (χ0) is 16.5. The lowest BCUT2D eigenvalue weighted by Gasteiger charge is -2.30. The summed E-state index contributed by atoms with van der Waals surface area (Å²) >= 11 is 5.74. The smallest absolute Gasteiger partial charge is 0.313 e. The summed E-state index contributed by atoms with van der Waals surface area (Å²) in [5, 5.41) is 2.70. The van der Waals surface area contributed by atoms with Crippen molar-refractivity contribution >= 4 is 34.0 Å². The fourth-order valence-corrected chi connectivity index (χ4v) is 4.26. The number of rotatable bonds is 3. The van der Waals surface area contributed by atoms with E-state index in [4.69, 9.17) is 11.6 Å². The number of sulfonamides is 1. The molecule has 1 aromatic carbocycles. The zero-order valence-electron chi connectivity index (χ0n) is 12.2. The van der Waals surface area contributed by atoms with Crippen LogP contribution in [0, 0.1) is 0 Å². The number of benzene rings is 1. The molecule has 1 aliphatic rings. The SMILES string of the molecule is CC1NCCCC1NS(=O)(=O)c1ccc(C(F)(F)F)cc1Cl.Cl. The van der Waals surface area contributed by atoms with Crippen LogP contribution in [0.4, 0.5) is 13.2 Å². The topological polar surface area (TPSA) is 58.2 Å². The Morgan fingerprint density at radius 2 is 2.00 bits per heavy atom. The minimum absolute atomic E-state index is 0. The monoisotopic (exact) mass is 392 g/mol. The van der Waals surface area contributed by atoms with Crippen LogP contribution in [0.2, 0.25) is 5.02 Å². The highest BCUT2D eigenvalue weighted by Crippen LogP contribution is 2.33. The third-order valence-corrected chi connectivity index (χ3v) is 5.59. The third kappa shape index (κ3) is 4.96. The lowest BCUT2D eigenvalue weighted by molar-refractivity contribution is -0.137. The van der Waals surface area contributed by atoms with E-state index in [1.165, 1.54) is 0 Å². The molecule has 1 saturated heterocycles. The summed E-state index contributed by atoms with van der Waals surface area (Å²) in [6.45, 7) is 2.65. The summed E-state index contributed by atoms with van der Waals surface area (Å²) in [7, 11) is -3.98. The first-order valence-corrected chi connectivity index (χ1v) is 8.60. The molecule has 1 fully saturated rings. The van der Waals surface area contributed by atoms with Gasteiger partial charge >= 0.3 is 6.18 Å². The minimum atomic E-state index is -4.57. The molecule has 0 saturated carbocycles. The van der Waals surface area contributed by atoms with E-state index in [0.717, 1.165) is 19.0 Å². The van der Waals surface area contributed by atoms with Gasteiger partial charge in [0.05, 0.1) is 10.6 Å². The number of nitrogens with one attached hydrogen (secondary N) is 2. The van der Waals surface area contributed by atoms with E-state index in [2.05, 4.69) is 10.0 Å². The lowest BCUT2D eigenvalue weighted by atomic mass is 10.0. The summed E-state index contributed by atoms with van der Waals surface area (Å²) in [6.07, 6.45) is -3.09. The Morgan fingerprint density at radius 1 is 1.35 bits per heavy atom. The van der Waals surface area contributed by atoms with Crippen molar-refractivity contribution in [3.8, 4) is 0 Å². The molecular weight excluding hydrogens is 376 g/mol. The summed E-state index contributed by atoms with van der Waals surface area (Å²) in [5.41, 5.74) is -0.982. The molecule has 2 N–H and O–H groups in total. The average molecular weight is 393 g/mol. The van der Waals surface area contributed by atoms with Gasteiger partial charge in [0.15, 0.2) is 0 Å². The van der Waals surface area contributed by atoms with Gasteiger partial charge < -0.3 is 5.32 Å². The Balaban J connectivity index is 0.00000264. The predicted molar refractivity (Wildman–Crippen MR) is 84.5 cm³/mol. The van der Waals surface area contributed by atoms with E-state index in [9.17, 15) is 21.6 Å². The van der Waals surface area contributed by atoms with Gasteiger partial charge in [0.2, 0.25) is 10.0 Å². The predicted octanol–water partition coefficient (Wildman–Crippen LogP) is 3.20. The van der Waals surface area contributed by atoms with Gasteiger partial charge in [-0.15, -0.1) is 12.4 Å². The highest BCUT2D eigenvalue weighted by molar-refractivity contribution is 7.89. The van der Waals surface area contributed by atoms with Crippen molar-refractivity contribution in [2.75, 3.05) is 6.54 Å².